The number of methoxy groups -OCH3 is 1. The fourth-order valence-corrected chi connectivity index (χ4v) is 4.47. The van der Waals surface area contributed by atoms with E-state index in [1.165, 1.54) is 30.6 Å². The summed E-state index contributed by atoms with van der Waals surface area (Å²) < 4.78 is 31.0. The first-order valence-electron chi connectivity index (χ1n) is 7.84. The quantitative estimate of drug-likeness (QED) is 0.620. The van der Waals surface area contributed by atoms with Crippen LogP contribution in [0.2, 0.25) is 0 Å². The molecule has 3 rings (SSSR count). The minimum Gasteiger partial charge on any atom is -0.468 e. The van der Waals surface area contributed by atoms with Crippen LogP contribution < -0.4 is 4.80 Å². The lowest BCUT2D eigenvalue weighted by molar-refractivity contribution is -0.141. The summed E-state index contributed by atoms with van der Waals surface area (Å²) in [6.45, 7) is -0.111. The third-order valence-electron chi connectivity index (χ3n) is 3.82. The van der Waals surface area contributed by atoms with Crippen LogP contribution in [0.3, 0.4) is 0 Å². The number of aromatic nitrogens is 1. The molecule has 0 saturated heterocycles. The van der Waals surface area contributed by atoms with Gasteiger partial charge in [-0.2, -0.15) is 4.99 Å². The van der Waals surface area contributed by atoms with Crippen LogP contribution in [-0.4, -0.2) is 38.2 Å². The Bertz CT molecular complexity index is 1210. The number of thiazole rings is 1. The van der Waals surface area contributed by atoms with Gasteiger partial charge in [-0.1, -0.05) is 35.6 Å². The van der Waals surface area contributed by atoms with Gasteiger partial charge in [-0.3, -0.25) is 9.59 Å². The van der Waals surface area contributed by atoms with E-state index in [4.69, 9.17) is 4.74 Å². The van der Waals surface area contributed by atoms with Crippen molar-refractivity contribution in [1.29, 1.82) is 0 Å². The van der Waals surface area contributed by atoms with E-state index >= 15 is 0 Å². The van der Waals surface area contributed by atoms with Crippen LogP contribution in [0.5, 0.6) is 0 Å². The number of hydrogen-bond acceptors (Lipinski definition) is 6. The van der Waals surface area contributed by atoms with Crippen LogP contribution in [0.4, 0.5) is 0 Å². The zero-order chi connectivity index (χ0) is 19.6. The fraction of sp³-hybridized carbons (Fsp3) is 0.167. The lowest BCUT2D eigenvalue weighted by Crippen LogP contribution is -2.22. The Morgan fingerprint density at radius 1 is 1.11 bits per heavy atom. The smallest absolute Gasteiger partial charge is 0.325 e. The normalized spacial score (nSPS) is 12.3. The summed E-state index contributed by atoms with van der Waals surface area (Å²) in [7, 11) is -2.31. The molecule has 140 valence electrons. The van der Waals surface area contributed by atoms with E-state index in [9.17, 15) is 18.0 Å². The van der Waals surface area contributed by atoms with Gasteiger partial charge in [0.2, 0.25) is 0 Å². The number of amides is 1. The molecular weight excluding hydrogens is 388 g/mol. The van der Waals surface area contributed by atoms with E-state index in [1.54, 1.807) is 16.7 Å². The zero-order valence-corrected chi connectivity index (χ0v) is 16.2. The number of benzene rings is 2. The molecule has 0 fully saturated rings. The number of rotatable bonds is 4. The van der Waals surface area contributed by atoms with Gasteiger partial charge in [0.15, 0.2) is 14.6 Å². The van der Waals surface area contributed by atoms with Gasteiger partial charge in [-0.15, -0.1) is 0 Å². The lowest BCUT2D eigenvalue weighted by Gasteiger charge is -2.05. The molecule has 3 aromatic rings. The zero-order valence-electron chi connectivity index (χ0n) is 14.6. The fourth-order valence-electron chi connectivity index (χ4n) is 2.57. The standard InChI is InChI=1S/C18H16N2O5S2/c1-25-16(21)11-20-13-8-4-5-9-14(13)26-18(20)19-17(22)12-7-3-6-10-15(12)27(2,23)24/h3-10H,11H2,1-2H3. The number of fused-ring (bicyclic) bond motifs is 1. The Morgan fingerprint density at radius 3 is 2.48 bits per heavy atom. The number of sulfone groups is 1. The predicted molar refractivity (Wildman–Crippen MR) is 101 cm³/mol. The molecule has 0 atom stereocenters. The summed E-state index contributed by atoms with van der Waals surface area (Å²) in [4.78, 5) is 28.8. The maximum atomic E-state index is 12.7. The molecule has 0 aliphatic carbocycles. The molecule has 7 nitrogen and oxygen atoms in total. The van der Waals surface area contributed by atoms with Crippen molar-refractivity contribution in [3.05, 3.63) is 58.9 Å². The molecule has 2 aromatic carbocycles. The topological polar surface area (TPSA) is 94.8 Å². The van der Waals surface area contributed by atoms with Crippen molar-refractivity contribution in [2.24, 2.45) is 4.99 Å². The minimum atomic E-state index is -3.59. The number of nitrogens with zero attached hydrogens (tertiary/aromatic N) is 2. The molecule has 0 radical (unpaired) electrons. The molecule has 0 spiro atoms. The van der Waals surface area contributed by atoms with Gasteiger partial charge in [-0.25, -0.2) is 8.42 Å². The van der Waals surface area contributed by atoms with Crippen LogP contribution in [-0.2, 0) is 25.9 Å². The van der Waals surface area contributed by atoms with Gasteiger partial charge in [0.1, 0.15) is 6.54 Å². The van der Waals surface area contributed by atoms with Gasteiger partial charge < -0.3 is 9.30 Å². The van der Waals surface area contributed by atoms with Crippen LogP contribution in [0.15, 0.2) is 58.4 Å². The summed E-state index contributed by atoms with van der Waals surface area (Å²) in [5.41, 5.74) is 0.720. The van der Waals surface area contributed by atoms with Gasteiger partial charge in [0, 0.05) is 6.26 Å². The molecular formula is C18H16N2O5S2. The van der Waals surface area contributed by atoms with Crippen molar-refractivity contribution in [2.75, 3.05) is 13.4 Å². The third kappa shape index (κ3) is 3.99. The van der Waals surface area contributed by atoms with E-state index in [0.29, 0.717) is 0 Å². The van der Waals surface area contributed by atoms with Crippen molar-refractivity contribution < 1.29 is 22.7 Å². The van der Waals surface area contributed by atoms with E-state index in [1.807, 2.05) is 24.3 Å². The Hall–Kier alpha value is -2.78. The molecule has 0 bridgehead atoms. The molecule has 1 heterocycles. The summed E-state index contributed by atoms with van der Waals surface area (Å²) >= 11 is 1.23. The molecule has 0 saturated carbocycles. The lowest BCUT2D eigenvalue weighted by atomic mass is 10.2. The van der Waals surface area contributed by atoms with Crippen LogP contribution in [0, 0.1) is 0 Å². The second kappa shape index (κ2) is 7.45. The van der Waals surface area contributed by atoms with Gasteiger partial charge >= 0.3 is 5.97 Å². The molecule has 0 unspecified atom stereocenters. The highest BCUT2D eigenvalue weighted by atomic mass is 32.2. The van der Waals surface area contributed by atoms with Crippen molar-refractivity contribution in [3.63, 3.8) is 0 Å². The van der Waals surface area contributed by atoms with Gasteiger partial charge in [-0.05, 0) is 24.3 Å². The highest BCUT2D eigenvalue weighted by Gasteiger charge is 2.18. The molecule has 0 aliphatic rings. The largest absolute Gasteiger partial charge is 0.468 e. The second-order valence-electron chi connectivity index (χ2n) is 5.70. The minimum absolute atomic E-state index is 0.0120. The molecule has 0 N–H and O–H groups in total. The number of carbonyl (C=O) groups excluding carboxylic acids is 2. The molecule has 27 heavy (non-hydrogen) atoms. The number of ether oxygens (including phenoxy) is 1. The van der Waals surface area contributed by atoms with E-state index in [2.05, 4.69) is 4.99 Å². The van der Waals surface area contributed by atoms with Crippen LogP contribution in [0.25, 0.3) is 10.2 Å². The number of hydrogen-bond donors (Lipinski definition) is 0. The highest BCUT2D eigenvalue weighted by molar-refractivity contribution is 7.90. The van der Waals surface area contributed by atoms with Gasteiger partial charge in [0.25, 0.3) is 5.91 Å². The Kier molecular flexibility index (Phi) is 5.24. The van der Waals surface area contributed by atoms with Crippen molar-refractivity contribution >= 4 is 43.3 Å². The Morgan fingerprint density at radius 2 is 1.78 bits per heavy atom. The summed E-state index contributed by atoms with van der Waals surface area (Å²) in [6.07, 6.45) is 1.04. The van der Waals surface area contributed by atoms with Crippen molar-refractivity contribution in [1.82, 2.24) is 4.57 Å². The van der Waals surface area contributed by atoms with Gasteiger partial charge in [0.05, 0.1) is 27.8 Å². The second-order valence-corrected chi connectivity index (χ2v) is 8.69. The van der Waals surface area contributed by atoms with E-state index < -0.39 is 21.7 Å². The first-order valence-corrected chi connectivity index (χ1v) is 10.6. The monoisotopic (exact) mass is 404 g/mol. The maximum Gasteiger partial charge on any atom is 0.325 e. The van der Waals surface area contributed by atoms with Crippen LogP contribution in [0.1, 0.15) is 10.4 Å². The highest BCUT2D eigenvalue weighted by Crippen LogP contribution is 2.19. The maximum absolute atomic E-state index is 12.7. The first-order chi connectivity index (χ1) is 12.8. The summed E-state index contributed by atoms with van der Waals surface area (Å²) in [6, 6.07) is 13.2. The molecule has 1 aromatic heterocycles. The van der Waals surface area contributed by atoms with E-state index in [-0.39, 0.29) is 21.8 Å². The molecule has 9 heteroatoms. The number of para-hydroxylation sites is 1. The molecule has 1 amide bonds. The molecule has 0 aliphatic heterocycles. The third-order valence-corrected chi connectivity index (χ3v) is 6.03. The average molecular weight is 404 g/mol. The first kappa shape index (κ1) is 19.0. The van der Waals surface area contributed by atoms with Crippen LogP contribution >= 0.6 is 11.3 Å². The Labute approximate surface area is 159 Å². The van der Waals surface area contributed by atoms with Crippen molar-refractivity contribution in [2.45, 2.75) is 11.4 Å². The van der Waals surface area contributed by atoms with Crippen molar-refractivity contribution in [3.8, 4) is 0 Å². The number of carbonyl (C=O) groups is 2. The predicted octanol–water partition coefficient (Wildman–Crippen LogP) is 2.02. The SMILES string of the molecule is COC(=O)Cn1c(=NC(=O)c2ccccc2S(C)(=O)=O)sc2ccccc21. The van der Waals surface area contributed by atoms with E-state index in [0.717, 1.165) is 16.5 Å². The summed E-state index contributed by atoms with van der Waals surface area (Å²) in [5.74, 6) is -1.18. The average Bonchev–Trinajstić information content (AvgIpc) is 2.98. The number of esters is 1. The summed E-state index contributed by atoms with van der Waals surface area (Å²) in [5, 5.41) is 0. The Balaban J connectivity index is 2.18.